The largest absolute Gasteiger partial charge is 0.748 e. The molecular weight excluding hydrogens is 612 g/mol. The van der Waals surface area contributed by atoms with Crippen LogP contribution in [0.4, 0.5) is 26.3 Å². The van der Waals surface area contributed by atoms with Gasteiger partial charge in [-0.25, -0.2) is 13.2 Å². The molecule has 0 amide bonds. The lowest BCUT2D eigenvalue weighted by molar-refractivity contribution is -0.356. The van der Waals surface area contributed by atoms with E-state index in [0.717, 1.165) is 6.07 Å². The van der Waals surface area contributed by atoms with E-state index in [-0.39, 0.29) is 3.57 Å². The number of ether oxygens (including phenoxy) is 1. The number of alkyl halides is 6. The number of esters is 1. The van der Waals surface area contributed by atoms with Crippen molar-refractivity contribution in [3.63, 3.8) is 0 Å². The minimum Gasteiger partial charge on any atom is -0.748 e. The minimum absolute atomic E-state index is 0.0359. The Labute approximate surface area is 164 Å². The molecule has 0 aliphatic heterocycles. The minimum atomic E-state index is -6.40. The van der Waals surface area contributed by atoms with Gasteiger partial charge in [-0.3, -0.25) is 0 Å². The van der Waals surface area contributed by atoms with Crippen molar-refractivity contribution in [2.75, 3.05) is 5.75 Å². The number of carbonyl (C=O) groups excluding carboxylic acids is 1. The van der Waals surface area contributed by atoms with Gasteiger partial charge in [0.2, 0.25) is 0 Å². The Morgan fingerprint density at radius 3 is 1.96 bits per heavy atom. The van der Waals surface area contributed by atoms with E-state index in [1.54, 1.807) is 22.6 Å². The number of carbonyl (C=O) groups is 1. The maximum atomic E-state index is 13.1. The summed E-state index contributed by atoms with van der Waals surface area (Å²) in [5, 5.41) is 0. The second kappa shape index (κ2) is 7.34. The predicted octanol–water partition coefficient (Wildman–Crippen LogP) is 3.46. The lowest BCUT2D eigenvalue weighted by Gasteiger charge is -2.36. The molecule has 0 aliphatic rings. The highest BCUT2D eigenvalue weighted by atomic mass is 127. The van der Waals surface area contributed by atoms with E-state index in [2.05, 4.69) is 4.74 Å². The first-order chi connectivity index (χ1) is 11.0. The molecule has 0 heterocycles. The van der Waals surface area contributed by atoms with Crippen molar-refractivity contribution in [3.8, 4) is 0 Å². The zero-order chi connectivity index (χ0) is 19.8. The van der Waals surface area contributed by atoms with Gasteiger partial charge in [0.05, 0.1) is 21.4 Å². The quantitative estimate of drug-likeness (QED) is 0.224. The average Bonchev–Trinajstić information content (AvgIpc) is 2.36. The van der Waals surface area contributed by atoms with Crippen molar-refractivity contribution in [3.05, 3.63) is 30.9 Å². The van der Waals surface area contributed by atoms with Crippen LogP contribution in [0.15, 0.2) is 18.2 Å². The van der Waals surface area contributed by atoms with Crippen LogP contribution in [0.5, 0.6) is 0 Å². The van der Waals surface area contributed by atoms with E-state index in [9.17, 15) is 44.1 Å². The lowest BCUT2D eigenvalue weighted by Crippen LogP contribution is -2.63. The summed E-state index contributed by atoms with van der Waals surface area (Å²) >= 11 is 3.11. The second-order valence-electron chi connectivity index (χ2n) is 4.54. The highest BCUT2D eigenvalue weighted by Gasteiger charge is 2.75. The fourth-order valence-electron chi connectivity index (χ4n) is 1.59. The molecule has 0 fully saturated rings. The highest BCUT2D eigenvalue weighted by molar-refractivity contribution is 14.1. The fraction of sp³-hybridized carbons (Fsp3) is 0.364. The third-order valence-electron chi connectivity index (χ3n) is 2.71. The Bertz CT molecular complexity index is 760. The molecule has 0 N–H and O–H groups in total. The average molecular weight is 617 g/mol. The third-order valence-corrected chi connectivity index (χ3v) is 5.08. The molecule has 0 atom stereocenters. The van der Waals surface area contributed by atoms with Crippen LogP contribution in [0.25, 0.3) is 0 Å². The molecule has 25 heavy (non-hydrogen) atoms. The van der Waals surface area contributed by atoms with Crippen LogP contribution >= 0.6 is 45.2 Å². The van der Waals surface area contributed by atoms with Gasteiger partial charge in [-0.2, -0.15) is 26.3 Å². The van der Waals surface area contributed by atoms with Crippen LogP contribution in [0.3, 0.4) is 0 Å². The molecule has 0 saturated carbocycles. The molecule has 1 aromatic rings. The van der Waals surface area contributed by atoms with Crippen LogP contribution < -0.4 is 0 Å². The molecule has 142 valence electrons. The molecular formula is C11H5F6I2O5S-. The highest BCUT2D eigenvalue weighted by Crippen LogP contribution is 2.47. The fourth-order valence-corrected chi connectivity index (χ4v) is 3.52. The molecule has 14 heteroatoms. The van der Waals surface area contributed by atoms with E-state index < -0.39 is 45.4 Å². The van der Waals surface area contributed by atoms with Crippen LogP contribution in [-0.4, -0.2) is 42.6 Å². The maximum absolute atomic E-state index is 13.1. The van der Waals surface area contributed by atoms with Crippen LogP contribution in [0.2, 0.25) is 0 Å². The van der Waals surface area contributed by atoms with Crippen molar-refractivity contribution < 1.29 is 48.8 Å². The van der Waals surface area contributed by atoms with Crippen molar-refractivity contribution in [2.24, 2.45) is 0 Å². The summed E-state index contributed by atoms with van der Waals surface area (Å²) < 4.78 is 114. The third kappa shape index (κ3) is 5.31. The summed E-state index contributed by atoms with van der Waals surface area (Å²) in [6.45, 7) is 0. The molecule has 0 bridgehead atoms. The summed E-state index contributed by atoms with van der Waals surface area (Å²) in [4.78, 5) is 11.9. The molecule has 0 saturated heterocycles. The standard InChI is InChI=1S/C11H6F6I2O5S/c12-10(13,14)9(11(15,16)17,4-25(21,22)23)24-8(20)6-3-5(18)1-2-7(6)19/h1-3H,4H2,(H,21,22,23)/p-1. The van der Waals surface area contributed by atoms with Gasteiger partial charge in [-0.1, -0.05) is 0 Å². The molecule has 1 rings (SSSR count). The van der Waals surface area contributed by atoms with Crippen LogP contribution in [-0.2, 0) is 14.9 Å². The maximum Gasteiger partial charge on any atom is 0.438 e. The lowest BCUT2D eigenvalue weighted by atomic mass is 10.1. The summed E-state index contributed by atoms with van der Waals surface area (Å²) in [6, 6.07) is 3.60. The van der Waals surface area contributed by atoms with Crippen molar-refractivity contribution in [2.45, 2.75) is 18.0 Å². The first-order valence-corrected chi connectivity index (χ1v) is 9.49. The van der Waals surface area contributed by atoms with Gasteiger partial charge < -0.3 is 9.29 Å². The molecule has 0 radical (unpaired) electrons. The zero-order valence-electron chi connectivity index (χ0n) is 11.4. The summed E-state index contributed by atoms with van der Waals surface area (Å²) in [7, 11) is -6.06. The monoisotopic (exact) mass is 617 g/mol. The number of hydrogen-bond acceptors (Lipinski definition) is 5. The first-order valence-electron chi connectivity index (χ1n) is 5.75. The molecule has 0 aromatic heterocycles. The van der Waals surface area contributed by atoms with Gasteiger partial charge in [0, 0.05) is 7.14 Å². The van der Waals surface area contributed by atoms with E-state index in [0.29, 0.717) is 3.57 Å². The Morgan fingerprint density at radius 1 is 1.08 bits per heavy atom. The molecule has 1 aromatic carbocycles. The van der Waals surface area contributed by atoms with E-state index in [1.807, 2.05) is 0 Å². The number of halogens is 8. The second-order valence-corrected chi connectivity index (χ2v) is 8.35. The molecule has 5 nitrogen and oxygen atoms in total. The topological polar surface area (TPSA) is 83.5 Å². The van der Waals surface area contributed by atoms with Crippen molar-refractivity contribution >= 4 is 61.3 Å². The normalized spacial score (nSPS) is 13.6. The number of rotatable bonds is 4. The van der Waals surface area contributed by atoms with Gasteiger partial charge in [0.1, 0.15) is 0 Å². The Balaban J connectivity index is 3.53. The van der Waals surface area contributed by atoms with E-state index in [1.165, 1.54) is 34.7 Å². The Kier molecular flexibility index (Phi) is 6.66. The SMILES string of the molecule is O=C(OC(CS(=O)(=O)[O-])(C(F)(F)F)C(F)(F)F)c1cc(I)ccc1I. The van der Waals surface area contributed by atoms with E-state index >= 15 is 0 Å². The van der Waals surface area contributed by atoms with Gasteiger partial charge in [0.15, 0.2) is 0 Å². The molecule has 0 unspecified atom stereocenters. The van der Waals surface area contributed by atoms with Gasteiger partial charge in [0.25, 0.3) is 0 Å². The molecule has 0 spiro atoms. The number of benzene rings is 1. The summed E-state index contributed by atoms with van der Waals surface area (Å²) in [5.74, 6) is -5.10. The van der Waals surface area contributed by atoms with Gasteiger partial charge >= 0.3 is 23.9 Å². The number of hydrogen-bond donors (Lipinski definition) is 0. The van der Waals surface area contributed by atoms with E-state index in [4.69, 9.17) is 0 Å². The van der Waals surface area contributed by atoms with Gasteiger partial charge in [-0.05, 0) is 63.4 Å². The van der Waals surface area contributed by atoms with Crippen LogP contribution in [0, 0.1) is 7.14 Å². The Hall–Kier alpha value is -0.360. The Morgan fingerprint density at radius 2 is 1.56 bits per heavy atom. The van der Waals surface area contributed by atoms with Crippen LogP contribution in [0.1, 0.15) is 10.4 Å². The predicted molar refractivity (Wildman–Crippen MR) is 86.7 cm³/mol. The van der Waals surface area contributed by atoms with Crippen molar-refractivity contribution in [1.29, 1.82) is 0 Å². The summed E-state index contributed by atoms with van der Waals surface area (Å²) in [5.41, 5.74) is -6.13. The first kappa shape index (κ1) is 22.7. The van der Waals surface area contributed by atoms with Crippen molar-refractivity contribution in [1.82, 2.24) is 0 Å². The smallest absolute Gasteiger partial charge is 0.438 e. The van der Waals surface area contributed by atoms with Gasteiger partial charge in [-0.15, -0.1) is 0 Å². The molecule has 0 aliphatic carbocycles. The summed E-state index contributed by atoms with van der Waals surface area (Å²) in [6.07, 6.45) is -12.8. The zero-order valence-corrected chi connectivity index (χ0v) is 16.5.